The molecule has 0 bridgehead atoms. The number of aromatic nitrogens is 2. The Hall–Kier alpha value is -2.94. The number of hydrogen-bond acceptors (Lipinski definition) is 6. The maximum atomic E-state index is 14.3. The molecule has 1 unspecified atom stereocenters. The van der Waals surface area contributed by atoms with Crippen molar-refractivity contribution in [3.05, 3.63) is 58.1 Å². The maximum absolute atomic E-state index is 14.3. The van der Waals surface area contributed by atoms with Crippen LogP contribution in [0.25, 0.3) is 11.4 Å². The molecule has 3 aromatic rings. The van der Waals surface area contributed by atoms with Crippen LogP contribution in [0.4, 0.5) is 4.39 Å². The van der Waals surface area contributed by atoms with Crippen LogP contribution in [-0.4, -0.2) is 27.7 Å². The molecule has 2 aliphatic rings. The van der Waals surface area contributed by atoms with E-state index in [1.54, 1.807) is 29.2 Å². The third kappa shape index (κ3) is 3.35. The highest BCUT2D eigenvalue weighted by molar-refractivity contribution is 9.10. The number of amides is 1. The zero-order chi connectivity index (χ0) is 20.0. The molecule has 1 atom stereocenters. The van der Waals surface area contributed by atoms with Gasteiger partial charge in [0.2, 0.25) is 24.4 Å². The summed E-state index contributed by atoms with van der Waals surface area (Å²) in [5, 5.41) is 4.05. The molecule has 5 rings (SSSR count). The van der Waals surface area contributed by atoms with Crippen LogP contribution in [0, 0.1) is 5.82 Å². The number of carbonyl (C=O) groups excluding carboxylic acids is 1. The molecule has 0 saturated carbocycles. The predicted octanol–water partition coefficient (Wildman–Crippen LogP) is 4.23. The third-order valence-electron chi connectivity index (χ3n) is 5.04. The van der Waals surface area contributed by atoms with Crippen LogP contribution in [0.1, 0.15) is 30.3 Å². The van der Waals surface area contributed by atoms with Crippen molar-refractivity contribution < 1.29 is 23.2 Å². The molecule has 0 radical (unpaired) electrons. The second kappa shape index (κ2) is 7.14. The van der Waals surface area contributed by atoms with Gasteiger partial charge in [-0.2, -0.15) is 4.98 Å². The summed E-state index contributed by atoms with van der Waals surface area (Å²) in [6.07, 6.45) is 0.893. The molecule has 1 amide bonds. The van der Waals surface area contributed by atoms with E-state index < -0.39 is 0 Å². The van der Waals surface area contributed by atoms with Crippen LogP contribution in [0.15, 0.2) is 45.4 Å². The Morgan fingerprint density at radius 2 is 2.03 bits per heavy atom. The zero-order valence-corrected chi connectivity index (χ0v) is 16.7. The van der Waals surface area contributed by atoms with E-state index in [4.69, 9.17) is 14.0 Å². The van der Waals surface area contributed by atoms with Gasteiger partial charge < -0.3 is 18.9 Å². The highest BCUT2D eigenvalue weighted by Crippen LogP contribution is 2.37. The number of hydrogen-bond donors (Lipinski definition) is 0. The second-order valence-electron chi connectivity index (χ2n) is 6.84. The molecule has 2 aromatic carbocycles. The molecule has 148 valence electrons. The summed E-state index contributed by atoms with van der Waals surface area (Å²) in [7, 11) is 0. The van der Waals surface area contributed by atoms with Crippen molar-refractivity contribution in [1.29, 1.82) is 0 Å². The molecule has 7 nitrogen and oxygen atoms in total. The molecular weight excluding hydrogens is 445 g/mol. The fourth-order valence-electron chi connectivity index (χ4n) is 3.55. The highest BCUT2D eigenvalue weighted by atomic mass is 79.9. The molecule has 3 heterocycles. The number of ether oxygens (including phenoxy) is 2. The van der Waals surface area contributed by atoms with Crippen molar-refractivity contribution in [1.82, 2.24) is 15.0 Å². The molecule has 0 aliphatic carbocycles. The van der Waals surface area contributed by atoms with Crippen LogP contribution < -0.4 is 9.47 Å². The average Bonchev–Trinajstić information content (AvgIpc) is 3.43. The Morgan fingerprint density at radius 1 is 1.17 bits per heavy atom. The zero-order valence-electron chi connectivity index (χ0n) is 15.1. The largest absolute Gasteiger partial charge is 0.454 e. The van der Waals surface area contributed by atoms with Gasteiger partial charge in [-0.15, -0.1) is 0 Å². The van der Waals surface area contributed by atoms with Crippen molar-refractivity contribution in [3.63, 3.8) is 0 Å². The summed E-state index contributed by atoms with van der Waals surface area (Å²) in [5.41, 5.74) is 1.16. The first-order valence-corrected chi connectivity index (χ1v) is 9.85. The van der Waals surface area contributed by atoms with E-state index in [9.17, 15) is 9.18 Å². The van der Waals surface area contributed by atoms with E-state index in [2.05, 4.69) is 26.1 Å². The standard InChI is InChI=1S/C20H15BrFN3O4/c21-13-3-1-12(14(22)8-13)9-25-15(4-6-18(25)26)20-23-19(24-29-20)11-2-5-16-17(7-11)28-10-27-16/h1-3,5,7-8,15H,4,6,9-10H2. The summed E-state index contributed by atoms with van der Waals surface area (Å²) >= 11 is 3.24. The summed E-state index contributed by atoms with van der Waals surface area (Å²) in [4.78, 5) is 18.5. The lowest BCUT2D eigenvalue weighted by molar-refractivity contribution is -0.130. The first-order valence-electron chi connectivity index (χ1n) is 9.05. The normalized spacial score (nSPS) is 17.9. The van der Waals surface area contributed by atoms with Gasteiger partial charge in [0.25, 0.3) is 0 Å². The molecule has 0 N–H and O–H groups in total. The number of fused-ring (bicyclic) bond motifs is 1. The van der Waals surface area contributed by atoms with E-state index in [-0.39, 0.29) is 31.1 Å². The third-order valence-corrected chi connectivity index (χ3v) is 5.53. The van der Waals surface area contributed by atoms with Crippen molar-refractivity contribution in [2.75, 3.05) is 6.79 Å². The highest BCUT2D eigenvalue weighted by Gasteiger charge is 2.36. The Kier molecular flexibility index (Phi) is 4.46. The first kappa shape index (κ1) is 18.1. The van der Waals surface area contributed by atoms with Crippen molar-refractivity contribution in [2.24, 2.45) is 0 Å². The van der Waals surface area contributed by atoms with Gasteiger partial charge in [-0.25, -0.2) is 4.39 Å². The SMILES string of the molecule is O=C1CCC(c2nc(-c3ccc4c(c3)OCO4)no2)N1Cc1ccc(Br)cc1F. The second-order valence-corrected chi connectivity index (χ2v) is 7.75. The quantitative estimate of drug-likeness (QED) is 0.580. The summed E-state index contributed by atoms with van der Waals surface area (Å²) in [5.74, 6) is 1.58. The van der Waals surface area contributed by atoms with Gasteiger partial charge >= 0.3 is 0 Å². The van der Waals surface area contributed by atoms with E-state index in [0.717, 1.165) is 5.56 Å². The van der Waals surface area contributed by atoms with Gasteiger partial charge in [-0.3, -0.25) is 4.79 Å². The van der Waals surface area contributed by atoms with Crippen LogP contribution in [0.5, 0.6) is 11.5 Å². The predicted molar refractivity (Wildman–Crippen MR) is 102 cm³/mol. The fraction of sp³-hybridized carbons (Fsp3) is 0.250. The fourth-order valence-corrected chi connectivity index (χ4v) is 3.88. The number of nitrogens with zero attached hydrogens (tertiary/aromatic N) is 3. The van der Waals surface area contributed by atoms with Gasteiger partial charge in [0, 0.05) is 28.6 Å². The van der Waals surface area contributed by atoms with E-state index in [0.29, 0.717) is 46.1 Å². The summed E-state index contributed by atoms with van der Waals surface area (Å²) < 4.78 is 31.1. The van der Waals surface area contributed by atoms with Crippen molar-refractivity contribution in [3.8, 4) is 22.9 Å². The van der Waals surface area contributed by atoms with Crippen molar-refractivity contribution in [2.45, 2.75) is 25.4 Å². The first-order chi connectivity index (χ1) is 14.1. The summed E-state index contributed by atoms with van der Waals surface area (Å²) in [6.45, 7) is 0.326. The molecule has 29 heavy (non-hydrogen) atoms. The Morgan fingerprint density at radius 3 is 2.90 bits per heavy atom. The minimum Gasteiger partial charge on any atom is -0.454 e. The van der Waals surface area contributed by atoms with Gasteiger partial charge in [-0.1, -0.05) is 27.2 Å². The molecule has 9 heteroatoms. The van der Waals surface area contributed by atoms with E-state index >= 15 is 0 Å². The van der Waals surface area contributed by atoms with Gasteiger partial charge in [-0.05, 0) is 36.8 Å². The summed E-state index contributed by atoms with van der Waals surface area (Å²) in [6, 6.07) is 9.79. The Balaban J connectivity index is 1.40. The maximum Gasteiger partial charge on any atom is 0.249 e. The minimum absolute atomic E-state index is 0.0693. The molecule has 1 aromatic heterocycles. The lowest BCUT2D eigenvalue weighted by Crippen LogP contribution is -2.27. The van der Waals surface area contributed by atoms with Crippen molar-refractivity contribution >= 4 is 21.8 Å². The molecule has 1 fully saturated rings. The van der Waals surface area contributed by atoms with Crippen LogP contribution in [-0.2, 0) is 11.3 Å². The lowest BCUT2D eigenvalue weighted by atomic mass is 10.1. The van der Waals surface area contributed by atoms with Gasteiger partial charge in [0.05, 0.1) is 0 Å². The number of likely N-dealkylation sites (tertiary alicyclic amines) is 1. The number of rotatable bonds is 4. The number of halogens is 2. The van der Waals surface area contributed by atoms with E-state index in [1.807, 2.05) is 6.07 Å². The van der Waals surface area contributed by atoms with E-state index in [1.165, 1.54) is 6.07 Å². The molecule has 2 aliphatic heterocycles. The van der Waals surface area contributed by atoms with Crippen LogP contribution in [0.2, 0.25) is 0 Å². The molecule has 1 saturated heterocycles. The monoisotopic (exact) mass is 459 g/mol. The van der Waals surface area contributed by atoms with Gasteiger partial charge in [0.15, 0.2) is 11.5 Å². The van der Waals surface area contributed by atoms with Crippen LogP contribution in [0.3, 0.4) is 0 Å². The topological polar surface area (TPSA) is 77.7 Å². The number of benzene rings is 2. The Bertz CT molecular complexity index is 1100. The van der Waals surface area contributed by atoms with Crippen LogP contribution >= 0.6 is 15.9 Å². The minimum atomic E-state index is -0.388. The number of carbonyl (C=O) groups is 1. The van der Waals surface area contributed by atoms with Gasteiger partial charge in [0.1, 0.15) is 11.9 Å². The average molecular weight is 460 g/mol. The lowest BCUT2D eigenvalue weighted by Gasteiger charge is -2.22. The molecular formula is C20H15BrFN3O4. The molecule has 0 spiro atoms. The Labute approximate surface area is 173 Å². The smallest absolute Gasteiger partial charge is 0.249 e.